The molecule has 0 bridgehead atoms. The molecule has 1 aliphatic heterocycles. The average molecular weight is 279 g/mol. The number of aromatic nitrogens is 3. The lowest BCUT2D eigenvalue weighted by Crippen LogP contribution is -2.51. The summed E-state index contributed by atoms with van der Waals surface area (Å²) in [7, 11) is 1.68. The molecule has 1 aromatic carbocycles. The molecule has 3 heteroatoms. The summed E-state index contributed by atoms with van der Waals surface area (Å²) in [6, 6.07) is 4.72. The van der Waals surface area contributed by atoms with Gasteiger partial charge in [0.1, 0.15) is 7.05 Å². The molecule has 0 N–H and O–H groups in total. The molecule has 2 heterocycles. The molecule has 1 aromatic heterocycles. The molecule has 0 fully saturated rings. The fourth-order valence-corrected chi connectivity index (χ4v) is 2.82. The normalized spacial score (nSPS) is 31.9. The van der Waals surface area contributed by atoms with Gasteiger partial charge in [-0.2, -0.15) is 4.68 Å². The highest BCUT2D eigenvalue weighted by molar-refractivity contribution is 5.55. The Morgan fingerprint density at radius 2 is 1.90 bits per heavy atom. The van der Waals surface area contributed by atoms with Crippen molar-refractivity contribution in [1.29, 1.82) is 0 Å². The average Bonchev–Trinajstić information content (AvgIpc) is 2.80. The number of para-hydroxylation sites is 1. The van der Waals surface area contributed by atoms with Crippen molar-refractivity contribution >= 4 is 0 Å². The van der Waals surface area contributed by atoms with E-state index < -0.39 is 31.4 Å². The molecule has 0 aliphatic carbocycles. The Morgan fingerprint density at radius 1 is 1.20 bits per heavy atom. The first kappa shape index (κ1) is 6.42. The molecule has 0 spiro atoms. The highest BCUT2D eigenvalue weighted by Gasteiger charge is 2.52. The predicted octanol–water partition coefficient (Wildman–Crippen LogP) is 2.88. The Hall–Kier alpha value is -1.64. The first-order valence-electron chi connectivity index (χ1n) is 11.0. The smallest absolute Gasteiger partial charge is 0.152 e. The van der Waals surface area contributed by atoms with Gasteiger partial charge in [0.15, 0.2) is 0 Å². The fourth-order valence-electron chi connectivity index (χ4n) is 2.82. The zero-order chi connectivity index (χ0) is 22.4. The van der Waals surface area contributed by atoms with Crippen molar-refractivity contribution in [2.24, 2.45) is 7.05 Å². The second-order valence-electron chi connectivity index (χ2n) is 5.66. The molecule has 1 atom stereocenters. The number of hydrogen-bond acceptors (Lipinski definition) is 1. The highest BCUT2D eigenvalue weighted by atomic mass is 15.5. The molecule has 106 valence electrons. The summed E-state index contributed by atoms with van der Waals surface area (Å²) < 4.78 is 78.2. The van der Waals surface area contributed by atoms with Crippen LogP contribution in [0, 0.1) is 13.8 Å². The number of rotatable bonds is 0. The molecule has 1 unspecified atom stereocenters. The number of hydrogen-bond donors (Lipinski definition) is 0. The van der Waals surface area contributed by atoms with Crippen molar-refractivity contribution in [3.63, 3.8) is 0 Å². The zero-order valence-electron chi connectivity index (χ0n) is 21.1. The molecule has 2 aromatic rings. The van der Waals surface area contributed by atoms with Gasteiger partial charge in [-0.3, -0.25) is 0 Å². The third kappa shape index (κ3) is 1.36. The Balaban J connectivity index is 2.74. The number of fused-ring (bicyclic) bond motifs is 3. The van der Waals surface area contributed by atoms with Crippen LogP contribution in [0.2, 0.25) is 0 Å². The maximum atomic E-state index is 8.35. The van der Waals surface area contributed by atoms with Gasteiger partial charge in [0.05, 0.1) is 11.1 Å². The summed E-state index contributed by atoms with van der Waals surface area (Å²) in [4.78, 5) is 4.40. The van der Waals surface area contributed by atoms with Crippen LogP contribution in [0.15, 0.2) is 18.2 Å². The van der Waals surface area contributed by atoms with E-state index in [4.69, 9.17) is 12.3 Å². The minimum absolute atomic E-state index is 0.0309. The lowest BCUT2D eigenvalue weighted by atomic mass is 9.61. The molecule has 0 amide bonds. The molecule has 3 rings (SSSR count). The first-order valence-corrected chi connectivity index (χ1v) is 6.51. The van der Waals surface area contributed by atoms with E-state index in [-0.39, 0.29) is 11.4 Å². The summed E-state index contributed by atoms with van der Waals surface area (Å²) in [5.74, 6) is 0.350. The maximum Gasteiger partial charge on any atom is 0.316 e. The van der Waals surface area contributed by atoms with Crippen LogP contribution in [0.25, 0.3) is 5.69 Å². The van der Waals surface area contributed by atoms with E-state index in [9.17, 15) is 0 Å². The van der Waals surface area contributed by atoms with Gasteiger partial charge in [-0.15, -0.1) is 4.68 Å². The zero-order valence-corrected chi connectivity index (χ0v) is 12.1. The molecule has 3 nitrogen and oxygen atoms in total. The van der Waals surface area contributed by atoms with Crippen molar-refractivity contribution < 1.29 is 17.0 Å². The van der Waals surface area contributed by atoms with Crippen molar-refractivity contribution in [2.75, 3.05) is 0 Å². The standard InChI is InChI=1S/C17H24N3/c1-11-9-8-10-13-14(11)20-15(18-12(2)19(20)7)17(5,6)16(13,3)4/h8-10H,1-7H3/q+1/i3D3,4D3,5D3. The molecule has 1 aliphatic rings. The van der Waals surface area contributed by atoms with Crippen LogP contribution in [0.3, 0.4) is 0 Å². The molecule has 20 heavy (non-hydrogen) atoms. The van der Waals surface area contributed by atoms with Crippen LogP contribution in [0.4, 0.5) is 0 Å². The van der Waals surface area contributed by atoms with Crippen LogP contribution < -0.4 is 4.68 Å². The summed E-state index contributed by atoms with van der Waals surface area (Å²) in [6.07, 6.45) is 0. The third-order valence-corrected chi connectivity index (χ3v) is 4.29. The van der Waals surface area contributed by atoms with Crippen LogP contribution in [0.5, 0.6) is 0 Å². The molecular weight excluding hydrogens is 246 g/mol. The largest absolute Gasteiger partial charge is 0.316 e. The Kier molecular flexibility index (Phi) is 1.19. The van der Waals surface area contributed by atoms with Gasteiger partial charge in [-0.05, 0) is 36.8 Å². The van der Waals surface area contributed by atoms with Crippen LogP contribution in [0.1, 0.15) is 62.6 Å². The van der Waals surface area contributed by atoms with Gasteiger partial charge in [0.25, 0.3) is 5.82 Å². The highest BCUT2D eigenvalue weighted by Crippen LogP contribution is 2.49. The Morgan fingerprint density at radius 3 is 2.55 bits per heavy atom. The number of nitrogens with zero attached hydrogens (tertiary/aromatic N) is 3. The number of aryl methyl sites for hydroxylation is 2. The van der Waals surface area contributed by atoms with Crippen molar-refractivity contribution in [2.45, 2.75) is 52.2 Å². The fraction of sp³-hybridized carbons (Fsp3) is 0.529. The third-order valence-electron chi connectivity index (χ3n) is 4.29. The van der Waals surface area contributed by atoms with Gasteiger partial charge in [0.2, 0.25) is 0 Å². The lowest BCUT2D eigenvalue weighted by Gasteiger charge is -2.44. The first-order chi connectivity index (χ1) is 12.9. The van der Waals surface area contributed by atoms with Gasteiger partial charge in [-0.1, -0.05) is 31.9 Å². The van der Waals surface area contributed by atoms with E-state index in [2.05, 4.69) is 4.98 Å². The quantitative estimate of drug-likeness (QED) is 0.680. The van der Waals surface area contributed by atoms with E-state index in [0.29, 0.717) is 17.1 Å². The molecule has 0 saturated heterocycles. The summed E-state index contributed by atoms with van der Waals surface area (Å²) in [5.41, 5.74) is -4.07. The van der Waals surface area contributed by atoms with Crippen LogP contribution in [-0.4, -0.2) is 9.67 Å². The number of benzene rings is 1. The second-order valence-corrected chi connectivity index (χ2v) is 5.66. The minimum atomic E-state index is -3.16. The second kappa shape index (κ2) is 3.72. The summed E-state index contributed by atoms with van der Waals surface area (Å²) in [6.45, 7) is -4.70. The van der Waals surface area contributed by atoms with Gasteiger partial charge < -0.3 is 0 Å². The SMILES string of the molecule is [2H]C([2H])([2H])C1(C)c2nc(C)[n+](C)n2-c2c(C)cccc2C1(C([2H])([2H])[2H])C([2H])([2H])[2H]. The van der Waals surface area contributed by atoms with Crippen molar-refractivity contribution in [3.8, 4) is 5.69 Å². The van der Waals surface area contributed by atoms with Gasteiger partial charge >= 0.3 is 5.82 Å². The van der Waals surface area contributed by atoms with E-state index in [0.717, 1.165) is 0 Å². The van der Waals surface area contributed by atoms with Gasteiger partial charge in [-0.25, -0.2) is 0 Å². The predicted molar refractivity (Wildman–Crippen MR) is 80.3 cm³/mol. The van der Waals surface area contributed by atoms with Crippen LogP contribution in [-0.2, 0) is 17.9 Å². The van der Waals surface area contributed by atoms with Crippen molar-refractivity contribution in [1.82, 2.24) is 9.67 Å². The van der Waals surface area contributed by atoms with Crippen LogP contribution >= 0.6 is 0 Å². The van der Waals surface area contributed by atoms with E-state index >= 15 is 0 Å². The van der Waals surface area contributed by atoms with E-state index in [1.165, 1.54) is 13.0 Å². The summed E-state index contributed by atoms with van der Waals surface area (Å²) >= 11 is 0. The minimum Gasteiger partial charge on any atom is -0.152 e. The lowest BCUT2D eigenvalue weighted by molar-refractivity contribution is -0.751. The van der Waals surface area contributed by atoms with E-state index in [1.807, 2.05) is 0 Å². The monoisotopic (exact) mass is 279 g/mol. The topological polar surface area (TPSA) is 21.7 Å². The summed E-state index contributed by atoms with van der Waals surface area (Å²) in [5, 5.41) is 0. The molecule has 0 saturated carbocycles. The Bertz CT molecular complexity index is 968. The molecular formula is C17H24N3+. The Labute approximate surface area is 133 Å². The van der Waals surface area contributed by atoms with E-state index in [1.54, 1.807) is 42.4 Å². The van der Waals surface area contributed by atoms with Gasteiger partial charge in [0, 0.05) is 24.7 Å². The van der Waals surface area contributed by atoms with Crippen molar-refractivity contribution in [3.05, 3.63) is 41.0 Å². The maximum absolute atomic E-state index is 8.35. The molecule has 0 radical (unpaired) electrons.